The normalized spacial score (nSPS) is 10.3. The van der Waals surface area contributed by atoms with E-state index >= 15 is 0 Å². The average molecular weight is 321 g/mol. The number of carbonyl (C=O) groups is 1. The molecule has 1 N–H and O–H groups in total. The molecule has 0 aliphatic carbocycles. The van der Waals surface area contributed by atoms with Gasteiger partial charge in [0.05, 0.1) is 11.4 Å². The molecule has 0 atom stereocenters. The number of nitrogens with one attached hydrogen (secondary N) is 1. The summed E-state index contributed by atoms with van der Waals surface area (Å²) in [6.07, 6.45) is 0. The fraction of sp³-hybridized carbons (Fsp3) is 0.231. The van der Waals surface area contributed by atoms with Crippen LogP contribution in [-0.2, 0) is 0 Å². The lowest BCUT2D eigenvalue weighted by Crippen LogP contribution is -2.16. The summed E-state index contributed by atoms with van der Waals surface area (Å²) in [5, 5.41) is 10.4. The summed E-state index contributed by atoms with van der Waals surface area (Å²) >= 11 is 3.40. The smallest absolute Gasteiger partial charge is 0.258 e. The lowest BCUT2D eigenvalue weighted by Gasteiger charge is -2.08. The molecule has 0 unspecified atom stereocenters. The Kier molecular flexibility index (Phi) is 3.90. The molecule has 1 aromatic heterocycles. The molecule has 0 aliphatic rings. The third-order valence-electron chi connectivity index (χ3n) is 2.83. The second kappa shape index (κ2) is 5.44. The van der Waals surface area contributed by atoms with E-state index in [-0.39, 0.29) is 11.9 Å². The van der Waals surface area contributed by atoms with Crippen LogP contribution in [0.4, 0.5) is 5.95 Å². The van der Waals surface area contributed by atoms with Gasteiger partial charge >= 0.3 is 0 Å². The Bertz CT molecular complexity index is 643. The molecule has 19 heavy (non-hydrogen) atoms. The largest absolute Gasteiger partial charge is 0.289 e. The zero-order valence-electron chi connectivity index (χ0n) is 10.9. The van der Waals surface area contributed by atoms with Crippen molar-refractivity contribution in [2.24, 2.45) is 0 Å². The molecule has 1 aromatic carbocycles. The predicted molar refractivity (Wildman–Crippen MR) is 76.1 cm³/mol. The quantitative estimate of drug-likeness (QED) is 0.923. The van der Waals surface area contributed by atoms with Gasteiger partial charge in [-0.15, -0.1) is 5.10 Å². The highest BCUT2D eigenvalue weighted by Crippen LogP contribution is 2.20. The predicted octanol–water partition coefficient (Wildman–Crippen LogP) is 2.81. The number of halogens is 1. The molecular weight excluding hydrogens is 308 g/mol. The van der Waals surface area contributed by atoms with Gasteiger partial charge in [0.15, 0.2) is 0 Å². The van der Waals surface area contributed by atoms with Crippen molar-refractivity contribution in [1.82, 2.24) is 15.2 Å². The van der Waals surface area contributed by atoms with E-state index in [9.17, 15) is 4.79 Å². The first kappa shape index (κ1) is 13.6. The summed E-state index contributed by atoms with van der Waals surface area (Å²) in [5.41, 5.74) is 2.95. The maximum absolute atomic E-state index is 12.1. The summed E-state index contributed by atoms with van der Waals surface area (Å²) in [7, 11) is 0. The molecule has 0 spiro atoms. The Morgan fingerprint density at radius 3 is 2.58 bits per heavy atom. The Labute approximate surface area is 119 Å². The van der Waals surface area contributed by atoms with Crippen LogP contribution < -0.4 is 5.32 Å². The molecule has 0 fully saturated rings. The second-order valence-electron chi connectivity index (χ2n) is 4.17. The van der Waals surface area contributed by atoms with Crippen LogP contribution in [-0.4, -0.2) is 21.1 Å². The highest BCUT2D eigenvalue weighted by molar-refractivity contribution is 9.10. The van der Waals surface area contributed by atoms with E-state index in [4.69, 9.17) is 0 Å². The summed E-state index contributed by atoms with van der Waals surface area (Å²) in [4.78, 5) is 16.3. The van der Waals surface area contributed by atoms with Gasteiger partial charge in [0, 0.05) is 10.0 Å². The lowest BCUT2D eigenvalue weighted by atomic mass is 10.1. The number of amides is 1. The third kappa shape index (κ3) is 2.96. The lowest BCUT2D eigenvalue weighted by molar-refractivity contribution is 0.102. The van der Waals surface area contributed by atoms with E-state index in [0.29, 0.717) is 5.56 Å². The fourth-order valence-corrected chi connectivity index (χ4v) is 1.90. The van der Waals surface area contributed by atoms with Gasteiger partial charge in [0.25, 0.3) is 5.91 Å². The number of carbonyl (C=O) groups excluding carboxylic acids is 1. The van der Waals surface area contributed by atoms with Crippen LogP contribution in [0.3, 0.4) is 0 Å². The second-order valence-corrected chi connectivity index (χ2v) is 5.03. The van der Waals surface area contributed by atoms with E-state index in [1.54, 1.807) is 6.07 Å². The molecule has 0 saturated carbocycles. The van der Waals surface area contributed by atoms with Gasteiger partial charge in [-0.2, -0.15) is 5.10 Å². The first-order chi connectivity index (χ1) is 8.99. The van der Waals surface area contributed by atoms with Gasteiger partial charge in [0.2, 0.25) is 5.95 Å². The minimum Gasteiger partial charge on any atom is -0.289 e. The Morgan fingerprint density at radius 2 is 1.89 bits per heavy atom. The first-order valence-corrected chi connectivity index (χ1v) is 6.52. The van der Waals surface area contributed by atoms with Gasteiger partial charge in [-0.3, -0.25) is 10.1 Å². The van der Waals surface area contributed by atoms with Crippen LogP contribution in [0.5, 0.6) is 0 Å². The van der Waals surface area contributed by atoms with Gasteiger partial charge in [-0.25, -0.2) is 4.98 Å². The molecule has 0 radical (unpaired) electrons. The molecule has 98 valence electrons. The minimum absolute atomic E-state index is 0.215. The number of benzene rings is 1. The van der Waals surface area contributed by atoms with Gasteiger partial charge in [0.1, 0.15) is 0 Å². The van der Waals surface area contributed by atoms with Crippen molar-refractivity contribution in [2.45, 2.75) is 20.8 Å². The van der Waals surface area contributed by atoms with Gasteiger partial charge in [-0.05, 0) is 38.5 Å². The SMILES string of the molecule is Cc1nnc(NC(=O)c2cccc(Br)c2C)nc1C. The van der Waals surface area contributed by atoms with Crippen LogP contribution in [0.2, 0.25) is 0 Å². The van der Waals surface area contributed by atoms with Crippen molar-refractivity contribution in [1.29, 1.82) is 0 Å². The van der Waals surface area contributed by atoms with Crippen molar-refractivity contribution >= 4 is 27.8 Å². The Balaban J connectivity index is 2.26. The summed E-state index contributed by atoms with van der Waals surface area (Å²) in [5.74, 6) is -0.0312. The molecule has 2 aromatic rings. The maximum Gasteiger partial charge on any atom is 0.258 e. The Morgan fingerprint density at radius 1 is 1.16 bits per heavy atom. The zero-order valence-corrected chi connectivity index (χ0v) is 12.4. The first-order valence-electron chi connectivity index (χ1n) is 5.73. The van der Waals surface area contributed by atoms with Crippen molar-refractivity contribution < 1.29 is 4.79 Å². The molecule has 6 heteroatoms. The fourth-order valence-electron chi connectivity index (χ4n) is 1.53. The number of hydrogen-bond donors (Lipinski definition) is 1. The topological polar surface area (TPSA) is 67.8 Å². The van der Waals surface area contributed by atoms with Crippen LogP contribution >= 0.6 is 15.9 Å². The molecule has 0 bridgehead atoms. The Hall–Kier alpha value is -1.82. The van der Waals surface area contributed by atoms with Crippen molar-refractivity contribution in [3.05, 3.63) is 45.2 Å². The molecule has 2 rings (SSSR count). The third-order valence-corrected chi connectivity index (χ3v) is 3.69. The average Bonchev–Trinajstić information content (AvgIpc) is 2.37. The van der Waals surface area contributed by atoms with Crippen molar-refractivity contribution in [3.63, 3.8) is 0 Å². The summed E-state index contributed by atoms with van der Waals surface area (Å²) < 4.78 is 0.888. The van der Waals surface area contributed by atoms with E-state index in [0.717, 1.165) is 21.4 Å². The molecule has 0 aliphatic heterocycles. The van der Waals surface area contributed by atoms with E-state index in [1.807, 2.05) is 32.9 Å². The van der Waals surface area contributed by atoms with E-state index in [2.05, 4.69) is 36.4 Å². The number of aryl methyl sites for hydroxylation is 2. The molecular formula is C13H13BrN4O. The number of aromatic nitrogens is 3. The van der Waals surface area contributed by atoms with Crippen molar-refractivity contribution in [2.75, 3.05) is 5.32 Å². The maximum atomic E-state index is 12.1. The number of nitrogens with zero attached hydrogens (tertiary/aromatic N) is 3. The standard InChI is InChI=1S/C13H13BrN4O/c1-7-10(5-4-6-11(7)14)12(19)16-13-15-8(2)9(3)17-18-13/h4-6H,1-3H3,(H,15,16,18,19). The zero-order chi connectivity index (χ0) is 14.0. The van der Waals surface area contributed by atoms with Gasteiger partial charge in [-0.1, -0.05) is 22.0 Å². The molecule has 0 saturated heterocycles. The van der Waals surface area contributed by atoms with Crippen LogP contribution in [0.1, 0.15) is 27.3 Å². The van der Waals surface area contributed by atoms with Gasteiger partial charge < -0.3 is 0 Å². The molecule has 5 nitrogen and oxygen atoms in total. The van der Waals surface area contributed by atoms with E-state index in [1.165, 1.54) is 0 Å². The number of anilines is 1. The minimum atomic E-state index is -0.246. The molecule has 1 heterocycles. The van der Waals surface area contributed by atoms with Crippen LogP contribution in [0.25, 0.3) is 0 Å². The van der Waals surface area contributed by atoms with E-state index < -0.39 is 0 Å². The highest BCUT2D eigenvalue weighted by atomic mass is 79.9. The monoisotopic (exact) mass is 320 g/mol. The van der Waals surface area contributed by atoms with Crippen LogP contribution in [0.15, 0.2) is 22.7 Å². The number of hydrogen-bond acceptors (Lipinski definition) is 4. The van der Waals surface area contributed by atoms with Crippen molar-refractivity contribution in [3.8, 4) is 0 Å². The number of rotatable bonds is 2. The molecule has 1 amide bonds. The highest BCUT2D eigenvalue weighted by Gasteiger charge is 2.12. The summed E-state index contributed by atoms with van der Waals surface area (Å²) in [6, 6.07) is 5.45. The van der Waals surface area contributed by atoms with Crippen LogP contribution in [0, 0.1) is 20.8 Å². The summed E-state index contributed by atoms with van der Waals surface area (Å²) in [6.45, 7) is 5.52.